The lowest BCUT2D eigenvalue weighted by Gasteiger charge is -2.12. The van der Waals surface area contributed by atoms with Crippen molar-refractivity contribution in [3.63, 3.8) is 0 Å². The van der Waals surface area contributed by atoms with E-state index in [1.165, 1.54) is 5.56 Å². The van der Waals surface area contributed by atoms with Crippen molar-refractivity contribution in [1.29, 1.82) is 0 Å². The maximum absolute atomic E-state index is 11.8. The van der Waals surface area contributed by atoms with Gasteiger partial charge in [-0.05, 0) is 38.8 Å². The van der Waals surface area contributed by atoms with Gasteiger partial charge in [0.15, 0.2) is 6.61 Å². The van der Waals surface area contributed by atoms with Crippen LogP contribution in [0.2, 0.25) is 0 Å². The number of aryl methyl sites for hydroxylation is 4. The van der Waals surface area contributed by atoms with Gasteiger partial charge in [0, 0.05) is 11.1 Å². The molecule has 0 aliphatic carbocycles. The summed E-state index contributed by atoms with van der Waals surface area (Å²) in [7, 11) is 0. The summed E-state index contributed by atoms with van der Waals surface area (Å²) in [6, 6.07) is 4.11. The predicted octanol–water partition coefficient (Wildman–Crippen LogP) is 3.07. The molecule has 1 N–H and O–H groups in total. The van der Waals surface area contributed by atoms with Crippen LogP contribution in [0.3, 0.4) is 0 Å². The van der Waals surface area contributed by atoms with Crippen LogP contribution >= 0.6 is 11.3 Å². The molecule has 0 saturated carbocycles. The number of nitrogens with one attached hydrogen (secondary N) is 1. The van der Waals surface area contributed by atoms with Crippen LogP contribution in [-0.2, 0) is 11.3 Å². The number of rotatable bonds is 5. The van der Waals surface area contributed by atoms with Crippen molar-refractivity contribution in [2.45, 2.75) is 34.2 Å². The normalized spacial score (nSPS) is 10.5. The average molecular weight is 304 g/mol. The van der Waals surface area contributed by atoms with Crippen molar-refractivity contribution in [2.24, 2.45) is 0 Å². The molecule has 2 aromatic rings. The summed E-state index contributed by atoms with van der Waals surface area (Å²) in [5, 5.41) is 5.69. The molecule has 21 heavy (non-hydrogen) atoms. The standard InChI is InChI=1S/C16H20N2O2S/c1-10-5-11(2)16(12(3)6-10)20-8-14(19)17-7-15-18-13(4)9-21-15/h5-6,9H,7-8H2,1-4H3,(H,17,19). The van der Waals surface area contributed by atoms with Crippen molar-refractivity contribution < 1.29 is 9.53 Å². The fraction of sp³-hybridized carbons (Fsp3) is 0.375. The molecule has 2 rings (SSSR count). The Kier molecular flexibility index (Phi) is 4.96. The van der Waals surface area contributed by atoms with E-state index in [4.69, 9.17) is 4.74 Å². The van der Waals surface area contributed by atoms with Gasteiger partial charge >= 0.3 is 0 Å². The SMILES string of the molecule is Cc1cc(C)c(OCC(=O)NCc2nc(C)cs2)c(C)c1. The molecule has 0 aliphatic rings. The van der Waals surface area contributed by atoms with Gasteiger partial charge in [-0.1, -0.05) is 17.7 Å². The summed E-state index contributed by atoms with van der Waals surface area (Å²) in [5.74, 6) is 0.656. The molecule has 1 aromatic heterocycles. The first-order valence-electron chi connectivity index (χ1n) is 6.84. The molecule has 0 fully saturated rings. The van der Waals surface area contributed by atoms with Gasteiger partial charge in [0.05, 0.1) is 6.54 Å². The van der Waals surface area contributed by atoms with Gasteiger partial charge in [0.1, 0.15) is 10.8 Å². The molecule has 112 valence electrons. The maximum Gasteiger partial charge on any atom is 0.258 e. The Morgan fingerprint density at radius 2 is 1.90 bits per heavy atom. The molecule has 5 heteroatoms. The summed E-state index contributed by atoms with van der Waals surface area (Å²) < 4.78 is 5.65. The third-order valence-corrected chi connectivity index (χ3v) is 4.02. The minimum atomic E-state index is -0.137. The number of thiazole rings is 1. The number of amides is 1. The van der Waals surface area contributed by atoms with Crippen LogP contribution in [0.1, 0.15) is 27.4 Å². The van der Waals surface area contributed by atoms with Crippen molar-refractivity contribution >= 4 is 17.2 Å². The Balaban J connectivity index is 1.87. The molecular weight excluding hydrogens is 284 g/mol. The lowest BCUT2D eigenvalue weighted by atomic mass is 10.1. The largest absolute Gasteiger partial charge is 0.483 e. The van der Waals surface area contributed by atoms with E-state index in [0.717, 1.165) is 27.6 Å². The number of nitrogens with zero attached hydrogens (tertiary/aromatic N) is 1. The number of ether oxygens (including phenoxy) is 1. The number of carbonyl (C=O) groups is 1. The maximum atomic E-state index is 11.8. The van der Waals surface area contributed by atoms with E-state index in [-0.39, 0.29) is 12.5 Å². The molecule has 0 bridgehead atoms. The smallest absolute Gasteiger partial charge is 0.258 e. The first-order chi connectivity index (χ1) is 9.95. The minimum Gasteiger partial charge on any atom is -0.483 e. The van der Waals surface area contributed by atoms with Gasteiger partial charge in [0.25, 0.3) is 5.91 Å². The van der Waals surface area contributed by atoms with Crippen LogP contribution in [-0.4, -0.2) is 17.5 Å². The van der Waals surface area contributed by atoms with Crippen molar-refractivity contribution in [2.75, 3.05) is 6.61 Å². The Hall–Kier alpha value is -1.88. The van der Waals surface area contributed by atoms with E-state index in [9.17, 15) is 4.79 Å². The molecular formula is C16H20N2O2S. The van der Waals surface area contributed by atoms with Crippen molar-refractivity contribution in [1.82, 2.24) is 10.3 Å². The zero-order chi connectivity index (χ0) is 15.4. The Labute approximate surface area is 129 Å². The molecule has 0 atom stereocenters. The molecule has 0 saturated heterocycles. The fourth-order valence-corrected chi connectivity index (χ4v) is 2.95. The lowest BCUT2D eigenvalue weighted by Crippen LogP contribution is -2.28. The number of benzene rings is 1. The first kappa shape index (κ1) is 15.5. The van der Waals surface area contributed by atoms with Gasteiger partial charge in [0.2, 0.25) is 0 Å². The van der Waals surface area contributed by atoms with Crippen LogP contribution < -0.4 is 10.1 Å². The second-order valence-corrected chi connectivity index (χ2v) is 6.12. The summed E-state index contributed by atoms with van der Waals surface area (Å²) in [6.07, 6.45) is 0. The Morgan fingerprint density at radius 3 is 2.48 bits per heavy atom. The van der Waals surface area contributed by atoms with E-state index < -0.39 is 0 Å². The van der Waals surface area contributed by atoms with E-state index in [1.807, 2.05) is 33.1 Å². The number of hydrogen-bond donors (Lipinski definition) is 1. The molecule has 4 nitrogen and oxygen atoms in total. The topological polar surface area (TPSA) is 51.2 Å². The van der Waals surface area contributed by atoms with Gasteiger partial charge < -0.3 is 10.1 Å². The third-order valence-electron chi connectivity index (χ3n) is 3.06. The quantitative estimate of drug-likeness (QED) is 0.923. The minimum absolute atomic E-state index is 0.0229. The van der Waals surface area contributed by atoms with Crippen LogP contribution in [0.5, 0.6) is 5.75 Å². The second-order valence-electron chi connectivity index (χ2n) is 5.18. The monoisotopic (exact) mass is 304 g/mol. The number of hydrogen-bond acceptors (Lipinski definition) is 4. The van der Waals surface area contributed by atoms with Gasteiger partial charge in [-0.2, -0.15) is 0 Å². The summed E-state index contributed by atoms with van der Waals surface area (Å²) in [4.78, 5) is 16.1. The highest BCUT2D eigenvalue weighted by atomic mass is 32.1. The third kappa shape index (κ3) is 4.29. The molecule has 1 heterocycles. The van der Waals surface area contributed by atoms with E-state index in [1.54, 1.807) is 11.3 Å². The van der Waals surface area contributed by atoms with E-state index >= 15 is 0 Å². The molecule has 0 spiro atoms. The van der Waals surface area contributed by atoms with Crippen LogP contribution in [0.15, 0.2) is 17.5 Å². The molecule has 1 aromatic carbocycles. The van der Waals surface area contributed by atoms with E-state index in [2.05, 4.69) is 22.4 Å². The number of carbonyl (C=O) groups excluding carboxylic acids is 1. The van der Waals surface area contributed by atoms with Gasteiger partial charge in [-0.3, -0.25) is 4.79 Å². The highest BCUT2D eigenvalue weighted by Gasteiger charge is 2.09. The van der Waals surface area contributed by atoms with Crippen LogP contribution in [0.25, 0.3) is 0 Å². The van der Waals surface area contributed by atoms with Gasteiger partial charge in [-0.15, -0.1) is 11.3 Å². The Bertz CT molecular complexity index is 626. The fourth-order valence-electron chi connectivity index (χ4n) is 2.24. The van der Waals surface area contributed by atoms with E-state index in [0.29, 0.717) is 6.54 Å². The van der Waals surface area contributed by atoms with Gasteiger partial charge in [-0.25, -0.2) is 4.98 Å². The van der Waals surface area contributed by atoms with Crippen LogP contribution in [0, 0.1) is 27.7 Å². The highest BCUT2D eigenvalue weighted by Crippen LogP contribution is 2.24. The average Bonchev–Trinajstić information content (AvgIpc) is 2.81. The van der Waals surface area contributed by atoms with Crippen molar-refractivity contribution in [3.8, 4) is 5.75 Å². The first-order valence-corrected chi connectivity index (χ1v) is 7.72. The molecule has 0 radical (unpaired) electrons. The molecule has 0 unspecified atom stereocenters. The number of aromatic nitrogens is 1. The summed E-state index contributed by atoms with van der Waals surface area (Å²) >= 11 is 1.55. The molecule has 0 aliphatic heterocycles. The molecule has 1 amide bonds. The lowest BCUT2D eigenvalue weighted by molar-refractivity contribution is -0.123. The zero-order valence-electron chi connectivity index (χ0n) is 12.8. The second kappa shape index (κ2) is 6.72. The summed E-state index contributed by atoms with van der Waals surface area (Å²) in [5.41, 5.74) is 4.28. The summed E-state index contributed by atoms with van der Waals surface area (Å²) in [6.45, 7) is 8.44. The highest BCUT2D eigenvalue weighted by molar-refractivity contribution is 7.09. The zero-order valence-corrected chi connectivity index (χ0v) is 13.6. The van der Waals surface area contributed by atoms with Crippen LogP contribution in [0.4, 0.5) is 0 Å². The van der Waals surface area contributed by atoms with Crippen molar-refractivity contribution in [3.05, 3.63) is 44.9 Å². The predicted molar refractivity (Wildman–Crippen MR) is 84.8 cm³/mol. The Morgan fingerprint density at radius 1 is 1.24 bits per heavy atom.